The van der Waals surface area contributed by atoms with E-state index in [1.165, 1.54) is 11.8 Å². The summed E-state index contributed by atoms with van der Waals surface area (Å²) in [5.74, 6) is -0.335. The number of hydrogen-bond acceptors (Lipinski definition) is 5. The molecule has 0 aliphatic carbocycles. The van der Waals surface area contributed by atoms with E-state index in [0.717, 1.165) is 5.56 Å². The summed E-state index contributed by atoms with van der Waals surface area (Å²) in [5.41, 5.74) is 2.23. The van der Waals surface area contributed by atoms with Gasteiger partial charge in [-0.3, -0.25) is 0 Å². The highest BCUT2D eigenvalue weighted by Gasteiger charge is 2.36. The molecule has 4 nitrogen and oxygen atoms in total. The second-order valence-electron chi connectivity index (χ2n) is 5.02. The molecule has 0 saturated heterocycles. The quantitative estimate of drug-likeness (QED) is 0.784. The van der Waals surface area contributed by atoms with E-state index in [9.17, 15) is 13.2 Å². The van der Waals surface area contributed by atoms with Crippen LogP contribution in [0.4, 0.5) is 0 Å². The minimum absolute atomic E-state index is 0.102. The number of benzene rings is 1. The van der Waals surface area contributed by atoms with Crippen molar-refractivity contribution in [2.45, 2.75) is 19.4 Å². The Balaban J connectivity index is 1.82. The summed E-state index contributed by atoms with van der Waals surface area (Å²) < 4.78 is 29.6. The second kappa shape index (κ2) is 5.35. The summed E-state index contributed by atoms with van der Waals surface area (Å²) in [4.78, 5) is 12.1. The van der Waals surface area contributed by atoms with Gasteiger partial charge in [-0.15, -0.1) is 0 Å². The molecule has 110 valence electrons. The van der Waals surface area contributed by atoms with Crippen molar-refractivity contribution in [3.05, 3.63) is 56.7 Å². The number of ether oxygens (including phenoxy) is 1. The molecule has 0 aromatic heterocycles. The fourth-order valence-electron chi connectivity index (χ4n) is 2.32. The Morgan fingerprint density at radius 2 is 2.00 bits per heavy atom. The number of rotatable bonds is 2. The molecule has 0 N–H and O–H groups in total. The van der Waals surface area contributed by atoms with E-state index in [0.29, 0.717) is 21.8 Å². The van der Waals surface area contributed by atoms with Gasteiger partial charge in [-0.2, -0.15) is 0 Å². The maximum absolute atomic E-state index is 12.1. The largest absolute Gasteiger partial charge is 0.450 e. The maximum Gasteiger partial charge on any atom is 0.339 e. The normalized spacial score (nSPS) is 23.0. The lowest BCUT2D eigenvalue weighted by atomic mass is 10.1. The Bertz CT molecular complexity index is 742. The van der Waals surface area contributed by atoms with Crippen molar-refractivity contribution in [3.63, 3.8) is 0 Å². The molecule has 1 unspecified atom stereocenters. The van der Waals surface area contributed by atoms with E-state index in [4.69, 9.17) is 4.74 Å². The SMILES string of the molecule is Cc1ccc(C(=O)OC2C=CSC3=C2CCS3(=O)=O)cc1. The molecule has 0 amide bonds. The zero-order chi connectivity index (χ0) is 15.0. The maximum atomic E-state index is 12.1. The van der Waals surface area contributed by atoms with Crippen LogP contribution in [0.2, 0.25) is 0 Å². The van der Waals surface area contributed by atoms with Gasteiger partial charge in [0.05, 0.1) is 11.3 Å². The molecule has 0 bridgehead atoms. The molecule has 1 atom stereocenters. The monoisotopic (exact) mass is 322 g/mol. The molecule has 0 fully saturated rings. The molecule has 2 aliphatic rings. The third-order valence-corrected chi connectivity index (χ3v) is 6.87. The fraction of sp³-hybridized carbons (Fsp3) is 0.267. The van der Waals surface area contributed by atoms with Gasteiger partial charge in [0.25, 0.3) is 0 Å². The van der Waals surface area contributed by atoms with Crippen LogP contribution in [-0.2, 0) is 14.6 Å². The molecular weight excluding hydrogens is 308 g/mol. The Labute approximate surface area is 127 Å². The Hall–Kier alpha value is -1.53. The first kappa shape index (κ1) is 14.4. The van der Waals surface area contributed by atoms with E-state index in [2.05, 4.69) is 0 Å². The van der Waals surface area contributed by atoms with Crippen molar-refractivity contribution in [2.24, 2.45) is 0 Å². The van der Waals surface area contributed by atoms with Crippen molar-refractivity contribution >= 4 is 27.6 Å². The lowest BCUT2D eigenvalue weighted by Crippen LogP contribution is -2.20. The number of carbonyl (C=O) groups is 1. The zero-order valence-electron chi connectivity index (χ0n) is 11.4. The number of sulfone groups is 1. The van der Waals surface area contributed by atoms with E-state index >= 15 is 0 Å². The van der Waals surface area contributed by atoms with Gasteiger partial charge in [-0.25, -0.2) is 13.2 Å². The second-order valence-corrected chi connectivity index (χ2v) is 8.24. The summed E-state index contributed by atoms with van der Waals surface area (Å²) in [6.07, 6.45) is 1.59. The molecule has 2 heterocycles. The third-order valence-electron chi connectivity index (χ3n) is 3.48. The molecule has 6 heteroatoms. The van der Waals surface area contributed by atoms with E-state index in [1.54, 1.807) is 23.6 Å². The van der Waals surface area contributed by atoms with Crippen LogP contribution in [0.15, 0.2) is 45.6 Å². The summed E-state index contributed by atoms with van der Waals surface area (Å²) in [5, 5.41) is 1.68. The average Bonchev–Trinajstić information content (AvgIpc) is 2.76. The van der Waals surface area contributed by atoms with Gasteiger partial charge in [0.2, 0.25) is 0 Å². The molecule has 0 saturated carbocycles. The van der Waals surface area contributed by atoms with Gasteiger partial charge < -0.3 is 4.74 Å². The van der Waals surface area contributed by atoms with Crippen LogP contribution >= 0.6 is 11.8 Å². The van der Waals surface area contributed by atoms with Crippen LogP contribution in [0.25, 0.3) is 0 Å². The molecule has 2 aliphatic heterocycles. The van der Waals surface area contributed by atoms with Crippen molar-refractivity contribution in [3.8, 4) is 0 Å². The first-order chi connectivity index (χ1) is 9.97. The predicted octanol–water partition coefficient (Wildman–Crippen LogP) is 2.81. The molecule has 21 heavy (non-hydrogen) atoms. The van der Waals surface area contributed by atoms with Gasteiger partial charge in [-0.1, -0.05) is 29.5 Å². The Morgan fingerprint density at radius 1 is 1.29 bits per heavy atom. The molecule has 0 spiro atoms. The van der Waals surface area contributed by atoms with Crippen molar-refractivity contribution in [1.29, 1.82) is 0 Å². The predicted molar refractivity (Wildman–Crippen MR) is 82.5 cm³/mol. The first-order valence-electron chi connectivity index (χ1n) is 6.54. The lowest BCUT2D eigenvalue weighted by molar-refractivity contribution is 0.0445. The van der Waals surface area contributed by atoms with Gasteiger partial charge in [0.1, 0.15) is 10.3 Å². The van der Waals surface area contributed by atoms with E-state index < -0.39 is 21.9 Å². The van der Waals surface area contributed by atoms with Crippen LogP contribution in [0, 0.1) is 6.92 Å². The number of hydrogen-bond donors (Lipinski definition) is 0. The van der Waals surface area contributed by atoms with Crippen LogP contribution in [-0.4, -0.2) is 26.2 Å². The molecule has 1 aromatic carbocycles. The number of thioether (sulfide) groups is 1. The highest BCUT2D eigenvalue weighted by atomic mass is 32.3. The van der Waals surface area contributed by atoms with Crippen molar-refractivity contribution in [2.75, 3.05) is 5.75 Å². The summed E-state index contributed by atoms with van der Waals surface area (Å²) in [7, 11) is -3.19. The third kappa shape index (κ3) is 2.78. The highest BCUT2D eigenvalue weighted by molar-refractivity contribution is 8.20. The van der Waals surface area contributed by atoms with Gasteiger partial charge in [-0.05, 0) is 37.0 Å². The van der Waals surface area contributed by atoms with Crippen molar-refractivity contribution < 1.29 is 17.9 Å². The number of esters is 1. The zero-order valence-corrected chi connectivity index (χ0v) is 13.0. The molecule has 0 radical (unpaired) electrons. The number of carbonyl (C=O) groups excluding carboxylic acids is 1. The van der Waals surface area contributed by atoms with E-state index in [1.807, 2.05) is 19.1 Å². The van der Waals surface area contributed by atoms with Crippen LogP contribution in [0.3, 0.4) is 0 Å². The minimum atomic E-state index is -3.19. The summed E-state index contributed by atoms with van der Waals surface area (Å²) >= 11 is 1.19. The topological polar surface area (TPSA) is 60.4 Å². The summed E-state index contributed by atoms with van der Waals surface area (Å²) in [6.45, 7) is 1.94. The Kier molecular flexibility index (Phi) is 3.67. The number of aryl methyl sites for hydroxylation is 1. The average molecular weight is 322 g/mol. The standard InChI is InChI=1S/C15H14O4S2/c1-10-2-4-11(5-3-10)14(16)19-13-6-8-20-15-12(13)7-9-21(15,17)18/h2-6,8,13H,7,9H2,1H3. The van der Waals surface area contributed by atoms with Crippen LogP contribution in [0.5, 0.6) is 0 Å². The van der Waals surface area contributed by atoms with E-state index in [-0.39, 0.29) is 5.75 Å². The minimum Gasteiger partial charge on any atom is -0.450 e. The molecular formula is C15H14O4S2. The lowest BCUT2D eigenvalue weighted by Gasteiger charge is -2.19. The first-order valence-corrected chi connectivity index (χ1v) is 9.07. The Morgan fingerprint density at radius 3 is 2.71 bits per heavy atom. The smallest absolute Gasteiger partial charge is 0.339 e. The highest BCUT2D eigenvalue weighted by Crippen LogP contribution is 2.41. The van der Waals surface area contributed by atoms with Crippen molar-refractivity contribution in [1.82, 2.24) is 0 Å². The van der Waals surface area contributed by atoms with Crippen LogP contribution in [0.1, 0.15) is 22.3 Å². The van der Waals surface area contributed by atoms with Gasteiger partial charge in [0.15, 0.2) is 9.84 Å². The van der Waals surface area contributed by atoms with Gasteiger partial charge in [0, 0.05) is 5.57 Å². The fourth-order valence-corrected chi connectivity index (χ4v) is 5.33. The summed E-state index contributed by atoms with van der Waals surface area (Å²) in [6, 6.07) is 7.10. The molecule has 3 rings (SSSR count). The molecule has 1 aromatic rings. The van der Waals surface area contributed by atoms with Gasteiger partial charge >= 0.3 is 5.97 Å². The van der Waals surface area contributed by atoms with Crippen LogP contribution < -0.4 is 0 Å².